The molecule has 1 aromatic carbocycles. The maximum Gasteiger partial charge on any atom is 0.262 e. The zero-order valence-corrected chi connectivity index (χ0v) is 12.4. The van der Waals surface area contributed by atoms with Gasteiger partial charge in [-0.25, -0.2) is 0 Å². The van der Waals surface area contributed by atoms with Crippen LogP contribution in [-0.4, -0.2) is 24.5 Å². The van der Waals surface area contributed by atoms with Crippen LogP contribution in [-0.2, 0) is 11.3 Å². The van der Waals surface area contributed by atoms with E-state index in [0.717, 1.165) is 15.8 Å². The molecule has 0 atom stereocenters. The van der Waals surface area contributed by atoms with E-state index in [9.17, 15) is 4.79 Å². The van der Waals surface area contributed by atoms with Crippen molar-refractivity contribution in [2.45, 2.75) is 6.54 Å². The second-order valence-electron chi connectivity index (χ2n) is 3.73. The summed E-state index contributed by atoms with van der Waals surface area (Å²) in [6.45, 7) is 1.22. The molecule has 1 aromatic rings. The molecule has 1 aliphatic heterocycles. The average Bonchev–Trinajstić information content (AvgIpc) is 2.58. The first-order chi connectivity index (χ1) is 8.11. The molecule has 0 N–H and O–H groups in total. The SMILES string of the molecule is COc1ccc(CN2CC(Br)=C(Br)C2=O)cc1. The molecule has 1 aliphatic rings. The molecule has 0 radical (unpaired) electrons. The van der Waals surface area contributed by atoms with E-state index in [2.05, 4.69) is 31.9 Å². The van der Waals surface area contributed by atoms with Crippen LogP contribution in [0.5, 0.6) is 5.75 Å². The van der Waals surface area contributed by atoms with Crippen LogP contribution in [0.25, 0.3) is 0 Å². The molecule has 1 amide bonds. The molecule has 0 saturated heterocycles. The summed E-state index contributed by atoms with van der Waals surface area (Å²) in [6, 6.07) is 7.72. The lowest BCUT2D eigenvalue weighted by atomic mass is 10.2. The van der Waals surface area contributed by atoms with Crippen molar-refractivity contribution in [1.29, 1.82) is 0 Å². The van der Waals surface area contributed by atoms with Gasteiger partial charge in [0.1, 0.15) is 5.75 Å². The Labute approximate surface area is 117 Å². The van der Waals surface area contributed by atoms with E-state index in [-0.39, 0.29) is 5.91 Å². The van der Waals surface area contributed by atoms with Crippen LogP contribution in [0.2, 0.25) is 0 Å². The Kier molecular flexibility index (Phi) is 3.89. The van der Waals surface area contributed by atoms with Gasteiger partial charge in [0.05, 0.1) is 18.1 Å². The Balaban J connectivity index is 2.05. The Morgan fingerprint density at radius 3 is 2.41 bits per heavy atom. The van der Waals surface area contributed by atoms with E-state index in [0.29, 0.717) is 17.6 Å². The van der Waals surface area contributed by atoms with E-state index in [1.54, 1.807) is 12.0 Å². The van der Waals surface area contributed by atoms with Crippen LogP contribution < -0.4 is 4.74 Å². The van der Waals surface area contributed by atoms with Gasteiger partial charge in [-0.3, -0.25) is 4.79 Å². The lowest BCUT2D eigenvalue weighted by Crippen LogP contribution is -2.25. The van der Waals surface area contributed by atoms with Crippen LogP contribution in [0.3, 0.4) is 0 Å². The molecule has 17 heavy (non-hydrogen) atoms. The highest BCUT2D eigenvalue weighted by Gasteiger charge is 2.27. The van der Waals surface area contributed by atoms with Gasteiger partial charge in [0, 0.05) is 11.0 Å². The molecule has 3 nitrogen and oxygen atoms in total. The Morgan fingerprint density at radius 1 is 1.29 bits per heavy atom. The fourth-order valence-corrected chi connectivity index (χ4v) is 2.49. The van der Waals surface area contributed by atoms with Crippen LogP contribution in [0.1, 0.15) is 5.56 Å². The molecule has 0 saturated carbocycles. The van der Waals surface area contributed by atoms with Gasteiger partial charge >= 0.3 is 0 Å². The molecule has 0 fully saturated rings. The van der Waals surface area contributed by atoms with Crippen LogP contribution >= 0.6 is 31.9 Å². The smallest absolute Gasteiger partial charge is 0.262 e. The van der Waals surface area contributed by atoms with Gasteiger partial charge < -0.3 is 9.64 Å². The number of benzene rings is 1. The number of methoxy groups -OCH3 is 1. The summed E-state index contributed by atoms with van der Waals surface area (Å²) in [5.74, 6) is 0.842. The highest BCUT2D eigenvalue weighted by molar-refractivity contribution is 9.14. The van der Waals surface area contributed by atoms with Gasteiger partial charge in [-0.1, -0.05) is 28.1 Å². The number of carbonyl (C=O) groups is 1. The number of halogens is 2. The summed E-state index contributed by atoms with van der Waals surface area (Å²) >= 11 is 6.64. The summed E-state index contributed by atoms with van der Waals surface area (Å²) < 4.78 is 6.61. The van der Waals surface area contributed by atoms with Crippen molar-refractivity contribution >= 4 is 37.8 Å². The fraction of sp³-hybridized carbons (Fsp3) is 0.250. The topological polar surface area (TPSA) is 29.5 Å². The predicted octanol–water partition coefficient (Wildman–Crippen LogP) is 3.04. The quantitative estimate of drug-likeness (QED) is 0.829. The minimum atomic E-state index is 0.0210. The molecule has 0 unspecified atom stereocenters. The third-order valence-corrected chi connectivity index (χ3v) is 4.57. The van der Waals surface area contributed by atoms with Crippen molar-refractivity contribution in [2.75, 3.05) is 13.7 Å². The summed E-state index contributed by atoms with van der Waals surface area (Å²) in [4.78, 5) is 13.6. The second kappa shape index (κ2) is 5.23. The molecule has 2 rings (SSSR count). The van der Waals surface area contributed by atoms with Gasteiger partial charge in [0.2, 0.25) is 0 Å². The molecule has 5 heteroatoms. The Hall–Kier alpha value is -0.810. The minimum Gasteiger partial charge on any atom is -0.497 e. The van der Waals surface area contributed by atoms with Crippen molar-refractivity contribution in [3.05, 3.63) is 38.8 Å². The first kappa shape index (κ1) is 12.6. The standard InChI is InChI=1S/C12H11Br2NO2/c1-17-9-4-2-8(3-5-9)6-15-7-10(13)11(14)12(15)16/h2-5H,6-7H2,1H3. The zero-order valence-electron chi connectivity index (χ0n) is 9.24. The molecule has 90 valence electrons. The van der Waals surface area contributed by atoms with Gasteiger partial charge in [-0.2, -0.15) is 0 Å². The normalized spacial score (nSPS) is 15.7. The third kappa shape index (κ3) is 2.72. The van der Waals surface area contributed by atoms with Crippen LogP contribution in [0.15, 0.2) is 33.2 Å². The average molecular weight is 361 g/mol. The maximum absolute atomic E-state index is 11.8. The molecule has 0 aromatic heterocycles. The summed E-state index contributed by atoms with van der Waals surface area (Å²) in [7, 11) is 1.64. The van der Waals surface area contributed by atoms with Gasteiger partial charge in [-0.15, -0.1) is 0 Å². The lowest BCUT2D eigenvalue weighted by Gasteiger charge is -2.16. The monoisotopic (exact) mass is 359 g/mol. The van der Waals surface area contributed by atoms with Crippen molar-refractivity contribution in [2.24, 2.45) is 0 Å². The number of nitrogens with zero attached hydrogens (tertiary/aromatic N) is 1. The number of amides is 1. The third-order valence-electron chi connectivity index (χ3n) is 2.58. The van der Waals surface area contributed by atoms with Crippen molar-refractivity contribution in [3.8, 4) is 5.75 Å². The molecule has 0 spiro atoms. The number of ether oxygens (including phenoxy) is 1. The largest absolute Gasteiger partial charge is 0.497 e. The summed E-state index contributed by atoms with van der Waals surface area (Å²) in [5, 5.41) is 0. The van der Waals surface area contributed by atoms with Crippen molar-refractivity contribution in [3.63, 3.8) is 0 Å². The lowest BCUT2D eigenvalue weighted by molar-refractivity contribution is -0.125. The van der Waals surface area contributed by atoms with E-state index in [4.69, 9.17) is 4.74 Å². The highest BCUT2D eigenvalue weighted by atomic mass is 79.9. The first-order valence-electron chi connectivity index (χ1n) is 5.08. The van der Waals surface area contributed by atoms with Crippen LogP contribution in [0.4, 0.5) is 0 Å². The number of hydrogen-bond donors (Lipinski definition) is 0. The van der Waals surface area contributed by atoms with E-state index >= 15 is 0 Å². The van der Waals surface area contributed by atoms with E-state index < -0.39 is 0 Å². The number of hydrogen-bond acceptors (Lipinski definition) is 2. The molecular formula is C12H11Br2NO2. The summed E-state index contributed by atoms with van der Waals surface area (Å²) in [5.41, 5.74) is 1.08. The Morgan fingerprint density at radius 2 is 1.94 bits per heavy atom. The van der Waals surface area contributed by atoms with E-state index in [1.807, 2.05) is 24.3 Å². The number of carbonyl (C=O) groups excluding carboxylic acids is 1. The van der Waals surface area contributed by atoms with Crippen molar-refractivity contribution < 1.29 is 9.53 Å². The van der Waals surface area contributed by atoms with E-state index in [1.165, 1.54) is 0 Å². The summed E-state index contributed by atoms with van der Waals surface area (Å²) in [6.07, 6.45) is 0. The Bertz CT molecular complexity index is 468. The minimum absolute atomic E-state index is 0.0210. The van der Waals surface area contributed by atoms with Gasteiger partial charge in [-0.05, 0) is 33.6 Å². The maximum atomic E-state index is 11.8. The molecule has 0 bridgehead atoms. The highest BCUT2D eigenvalue weighted by Crippen LogP contribution is 2.29. The molecule has 1 heterocycles. The first-order valence-corrected chi connectivity index (χ1v) is 6.66. The fourth-order valence-electron chi connectivity index (χ4n) is 1.64. The molecular weight excluding hydrogens is 350 g/mol. The van der Waals surface area contributed by atoms with Gasteiger partial charge in [0.15, 0.2) is 0 Å². The van der Waals surface area contributed by atoms with Crippen molar-refractivity contribution in [1.82, 2.24) is 4.90 Å². The second-order valence-corrected chi connectivity index (χ2v) is 5.48. The predicted molar refractivity (Wildman–Crippen MR) is 73.3 cm³/mol. The molecule has 0 aliphatic carbocycles. The zero-order chi connectivity index (χ0) is 12.4. The number of rotatable bonds is 3. The van der Waals surface area contributed by atoms with Gasteiger partial charge in [0.25, 0.3) is 5.91 Å². The van der Waals surface area contributed by atoms with Crippen LogP contribution in [0, 0.1) is 0 Å².